The molecule has 2 aromatic rings. The van der Waals surface area contributed by atoms with Gasteiger partial charge in [0, 0.05) is 31.0 Å². The fraction of sp³-hybridized carbons (Fsp3) is 0.400. The van der Waals surface area contributed by atoms with Crippen molar-refractivity contribution in [3.05, 3.63) is 46.5 Å². The molecule has 0 bridgehead atoms. The Bertz CT molecular complexity index is 554. The number of rotatable bonds is 7. The maximum absolute atomic E-state index is 5.98. The maximum atomic E-state index is 5.98. The zero-order valence-electron chi connectivity index (χ0n) is 11.9. The van der Waals surface area contributed by atoms with E-state index in [0.29, 0.717) is 6.61 Å². The number of para-hydroxylation sites is 1. The molecule has 1 aromatic carbocycles. The van der Waals surface area contributed by atoms with Gasteiger partial charge in [-0.25, -0.2) is 4.98 Å². The third-order valence-corrected chi connectivity index (χ3v) is 3.73. The van der Waals surface area contributed by atoms with Gasteiger partial charge in [0.05, 0.1) is 4.47 Å². The number of nitrogens with zero attached hydrogens (tertiary/aromatic N) is 2. The molecule has 108 valence electrons. The van der Waals surface area contributed by atoms with Crippen molar-refractivity contribution in [3.63, 3.8) is 0 Å². The molecule has 0 amide bonds. The van der Waals surface area contributed by atoms with E-state index in [1.54, 1.807) is 0 Å². The number of nitrogens with one attached hydrogen (secondary N) is 1. The van der Waals surface area contributed by atoms with Gasteiger partial charge < -0.3 is 14.6 Å². The summed E-state index contributed by atoms with van der Waals surface area (Å²) in [6.45, 7) is 7.30. The van der Waals surface area contributed by atoms with Crippen molar-refractivity contribution in [2.75, 3.05) is 6.54 Å². The Balaban J connectivity index is 2.12. The Morgan fingerprint density at radius 3 is 2.95 bits per heavy atom. The van der Waals surface area contributed by atoms with Crippen molar-refractivity contribution in [2.24, 2.45) is 0 Å². The molecule has 0 aliphatic rings. The normalized spacial score (nSPS) is 10.8. The lowest BCUT2D eigenvalue weighted by Crippen LogP contribution is -2.13. The highest BCUT2D eigenvalue weighted by Gasteiger charge is 2.09. The molecule has 20 heavy (non-hydrogen) atoms. The van der Waals surface area contributed by atoms with Crippen molar-refractivity contribution in [1.82, 2.24) is 14.9 Å². The van der Waals surface area contributed by atoms with Gasteiger partial charge in [-0.3, -0.25) is 0 Å². The van der Waals surface area contributed by atoms with E-state index in [0.717, 1.165) is 41.2 Å². The molecule has 0 saturated heterocycles. The van der Waals surface area contributed by atoms with Gasteiger partial charge in [0.15, 0.2) is 0 Å². The van der Waals surface area contributed by atoms with E-state index in [1.807, 2.05) is 24.5 Å². The Morgan fingerprint density at radius 1 is 1.35 bits per heavy atom. The molecule has 0 aliphatic heterocycles. The highest BCUT2D eigenvalue weighted by Crippen LogP contribution is 2.29. The average molecular weight is 338 g/mol. The van der Waals surface area contributed by atoms with Crippen LogP contribution in [0.5, 0.6) is 5.75 Å². The number of ether oxygens (including phenoxy) is 1. The maximum Gasteiger partial charge on any atom is 0.146 e. The van der Waals surface area contributed by atoms with Crippen LogP contribution in [-0.2, 0) is 19.7 Å². The third kappa shape index (κ3) is 3.61. The number of aryl methyl sites for hydroxylation is 1. The van der Waals surface area contributed by atoms with Crippen molar-refractivity contribution < 1.29 is 4.74 Å². The van der Waals surface area contributed by atoms with Crippen LogP contribution < -0.4 is 10.1 Å². The quantitative estimate of drug-likeness (QED) is 0.841. The molecule has 0 radical (unpaired) electrons. The molecule has 0 atom stereocenters. The minimum Gasteiger partial charge on any atom is -0.484 e. The zero-order valence-corrected chi connectivity index (χ0v) is 13.5. The van der Waals surface area contributed by atoms with Gasteiger partial charge in [-0.1, -0.05) is 19.1 Å². The molecule has 0 saturated carbocycles. The van der Waals surface area contributed by atoms with Crippen LogP contribution in [0, 0.1) is 0 Å². The van der Waals surface area contributed by atoms with Gasteiger partial charge >= 0.3 is 0 Å². The first-order valence-corrected chi connectivity index (χ1v) is 7.66. The lowest BCUT2D eigenvalue weighted by molar-refractivity contribution is 0.284. The van der Waals surface area contributed by atoms with E-state index in [1.165, 1.54) is 0 Å². The first-order chi connectivity index (χ1) is 9.76. The van der Waals surface area contributed by atoms with Crippen LogP contribution in [0.25, 0.3) is 0 Å². The Morgan fingerprint density at radius 2 is 2.20 bits per heavy atom. The molecule has 2 rings (SSSR count). The summed E-state index contributed by atoms with van der Waals surface area (Å²) in [6.07, 6.45) is 3.78. The second-order valence-electron chi connectivity index (χ2n) is 4.43. The Hall–Kier alpha value is -1.33. The zero-order chi connectivity index (χ0) is 14.4. The molecule has 0 aliphatic carbocycles. The molecule has 1 N–H and O–H groups in total. The van der Waals surface area contributed by atoms with Crippen LogP contribution in [0.3, 0.4) is 0 Å². The smallest absolute Gasteiger partial charge is 0.146 e. The van der Waals surface area contributed by atoms with Gasteiger partial charge in [-0.15, -0.1) is 0 Å². The molecule has 4 nitrogen and oxygen atoms in total. The molecule has 0 fully saturated rings. The lowest BCUT2D eigenvalue weighted by Gasteiger charge is -2.14. The molecular weight excluding hydrogens is 318 g/mol. The molecule has 1 aromatic heterocycles. The summed E-state index contributed by atoms with van der Waals surface area (Å²) < 4.78 is 9.04. The summed E-state index contributed by atoms with van der Waals surface area (Å²) in [6, 6.07) is 6.10. The molecular formula is C15H20BrN3O. The van der Waals surface area contributed by atoms with E-state index >= 15 is 0 Å². The highest BCUT2D eigenvalue weighted by atomic mass is 79.9. The van der Waals surface area contributed by atoms with Crippen LogP contribution in [0.2, 0.25) is 0 Å². The Kier molecular flexibility index (Phi) is 5.61. The summed E-state index contributed by atoms with van der Waals surface area (Å²) in [7, 11) is 0. The minimum atomic E-state index is 0.475. The molecule has 0 spiro atoms. The SMILES string of the molecule is CCNCc1cccc(Br)c1OCc1nccn1CC. The van der Waals surface area contributed by atoms with Gasteiger partial charge in [0.1, 0.15) is 18.2 Å². The van der Waals surface area contributed by atoms with Crippen LogP contribution in [0.1, 0.15) is 25.2 Å². The van der Waals surface area contributed by atoms with E-state index < -0.39 is 0 Å². The average Bonchev–Trinajstić information content (AvgIpc) is 2.91. The van der Waals surface area contributed by atoms with Crippen LogP contribution in [-0.4, -0.2) is 16.1 Å². The van der Waals surface area contributed by atoms with E-state index in [-0.39, 0.29) is 0 Å². The van der Waals surface area contributed by atoms with Crippen molar-refractivity contribution >= 4 is 15.9 Å². The summed E-state index contributed by atoms with van der Waals surface area (Å²) >= 11 is 3.56. The first-order valence-electron chi connectivity index (χ1n) is 6.87. The summed E-state index contributed by atoms with van der Waals surface area (Å²) in [5, 5.41) is 3.33. The predicted octanol–water partition coefficient (Wildman–Crippen LogP) is 3.35. The fourth-order valence-corrected chi connectivity index (χ4v) is 2.54. The number of halogens is 1. The first kappa shape index (κ1) is 15.1. The number of imidazole rings is 1. The summed E-state index contributed by atoms with van der Waals surface area (Å²) in [4.78, 5) is 4.33. The van der Waals surface area contributed by atoms with Crippen LogP contribution in [0.4, 0.5) is 0 Å². The van der Waals surface area contributed by atoms with Gasteiger partial charge in [-0.05, 0) is 35.5 Å². The molecule has 0 unspecified atom stereocenters. The predicted molar refractivity (Wildman–Crippen MR) is 83.8 cm³/mol. The summed E-state index contributed by atoms with van der Waals surface area (Å²) in [5.41, 5.74) is 1.15. The minimum absolute atomic E-state index is 0.475. The van der Waals surface area contributed by atoms with E-state index in [9.17, 15) is 0 Å². The van der Waals surface area contributed by atoms with E-state index in [4.69, 9.17) is 4.74 Å². The number of hydrogen-bond acceptors (Lipinski definition) is 3. The lowest BCUT2D eigenvalue weighted by atomic mass is 10.2. The topological polar surface area (TPSA) is 39.1 Å². The number of hydrogen-bond donors (Lipinski definition) is 1. The van der Waals surface area contributed by atoms with Crippen molar-refractivity contribution in [1.29, 1.82) is 0 Å². The van der Waals surface area contributed by atoms with Crippen molar-refractivity contribution in [2.45, 2.75) is 33.5 Å². The summed E-state index contributed by atoms with van der Waals surface area (Å²) in [5.74, 6) is 1.83. The monoisotopic (exact) mass is 337 g/mol. The van der Waals surface area contributed by atoms with Gasteiger partial charge in [-0.2, -0.15) is 0 Å². The van der Waals surface area contributed by atoms with Crippen molar-refractivity contribution in [3.8, 4) is 5.75 Å². The number of aromatic nitrogens is 2. The number of benzene rings is 1. The van der Waals surface area contributed by atoms with Crippen LogP contribution in [0.15, 0.2) is 35.1 Å². The van der Waals surface area contributed by atoms with E-state index in [2.05, 4.69) is 50.7 Å². The van der Waals surface area contributed by atoms with Gasteiger partial charge in [0.25, 0.3) is 0 Å². The standard InChI is InChI=1S/C15H20BrN3O/c1-3-17-10-12-6-5-7-13(16)15(12)20-11-14-18-8-9-19(14)4-2/h5-9,17H,3-4,10-11H2,1-2H3. The molecule has 5 heteroatoms. The fourth-order valence-electron chi connectivity index (χ4n) is 2.02. The highest BCUT2D eigenvalue weighted by molar-refractivity contribution is 9.10. The second kappa shape index (κ2) is 7.45. The van der Waals surface area contributed by atoms with Gasteiger partial charge in [0.2, 0.25) is 0 Å². The Labute approximate surface area is 128 Å². The second-order valence-corrected chi connectivity index (χ2v) is 5.28. The largest absolute Gasteiger partial charge is 0.484 e. The molecule has 1 heterocycles. The van der Waals surface area contributed by atoms with Crippen LogP contribution >= 0.6 is 15.9 Å². The third-order valence-electron chi connectivity index (χ3n) is 3.10.